The number of para-hydroxylation sites is 1. The van der Waals surface area contributed by atoms with Crippen LogP contribution in [0.1, 0.15) is 33.6 Å². The average molecular weight is 409 g/mol. The molecule has 3 aromatic rings. The van der Waals surface area contributed by atoms with E-state index < -0.39 is 0 Å². The van der Waals surface area contributed by atoms with Gasteiger partial charge in [0, 0.05) is 31.8 Å². The van der Waals surface area contributed by atoms with Gasteiger partial charge >= 0.3 is 6.01 Å². The van der Waals surface area contributed by atoms with Crippen LogP contribution in [0.3, 0.4) is 0 Å². The lowest BCUT2D eigenvalue weighted by molar-refractivity contribution is 0.411. The fourth-order valence-corrected chi connectivity index (χ4v) is 2.79. The van der Waals surface area contributed by atoms with Crippen LogP contribution in [-0.2, 0) is 0 Å². The SMILES string of the molecule is CCCCNc1nc(Oc2ccc(=O)n(-c3ccccc3)n2)nc(N(CC)CC)n1. The second-order valence-corrected chi connectivity index (χ2v) is 6.55. The molecule has 0 fully saturated rings. The monoisotopic (exact) mass is 409 g/mol. The van der Waals surface area contributed by atoms with Crippen molar-refractivity contribution >= 4 is 11.9 Å². The van der Waals surface area contributed by atoms with E-state index in [0.29, 0.717) is 17.6 Å². The first-order valence-electron chi connectivity index (χ1n) is 10.2. The molecule has 0 unspecified atom stereocenters. The van der Waals surface area contributed by atoms with Gasteiger partial charge in [-0.2, -0.15) is 19.6 Å². The van der Waals surface area contributed by atoms with Crippen LogP contribution >= 0.6 is 0 Å². The first-order chi connectivity index (χ1) is 14.6. The Labute approximate surface area is 175 Å². The first-order valence-corrected chi connectivity index (χ1v) is 10.2. The lowest BCUT2D eigenvalue weighted by atomic mass is 10.3. The minimum absolute atomic E-state index is 0.122. The van der Waals surface area contributed by atoms with Crippen molar-refractivity contribution in [3.63, 3.8) is 0 Å². The molecule has 0 spiro atoms. The summed E-state index contributed by atoms with van der Waals surface area (Å²) in [6.07, 6.45) is 2.07. The van der Waals surface area contributed by atoms with Crippen LogP contribution in [-0.4, -0.2) is 44.4 Å². The number of hydrogen-bond acceptors (Lipinski definition) is 8. The molecule has 0 bridgehead atoms. The molecule has 0 saturated heterocycles. The van der Waals surface area contributed by atoms with E-state index in [1.165, 1.54) is 16.8 Å². The van der Waals surface area contributed by atoms with Gasteiger partial charge in [0.15, 0.2) is 0 Å². The normalized spacial score (nSPS) is 10.6. The fourth-order valence-electron chi connectivity index (χ4n) is 2.79. The van der Waals surface area contributed by atoms with Gasteiger partial charge in [0.1, 0.15) is 0 Å². The van der Waals surface area contributed by atoms with E-state index >= 15 is 0 Å². The van der Waals surface area contributed by atoms with Gasteiger partial charge in [-0.3, -0.25) is 4.79 Å². The fraction of sp³-hybridized carbons (Fsp3) is 0.381. The maximum Gasteiger partial charge on any atom is 0.330 e. The summed E-state index contributed by atoms with van der Waals surface area (Å²) >= 11 is 0. The highest BCUT2D eigenvalue weighted by atomic mass is 16.5. The number of rotatable bonds is 10. The molecule has 2 aromatic heterocycles. The average Bonchev–Trinajstić information content (AvgIpc) is 2.77. The van der Waals surface area contributed by atoms with E-state index in [0.717, 1.165) is 32.5 Å². The molecule has 0 aliphatic heterocycles. The Morgan fingerprint density at radius 3 is 2.47 bits per heavy atom. The van der Waals surface area contributed by atoms with E-state index in [-0.39, 0.29) is 17.4 Å². The number of nitrogens with one attached hydrogen (secondary N) is 1. The third-order valence-corrected chi connectivity index (χ3v) is 4.44. The zero-order chi connectivity index (χ0) is 21.3. The second-order valence-electron chi connectivity index (χ2n) is 6.55. The van der Waals surface area contributed by atoms with E-state index in [4.69, 9.17) is 4.74 Å². The molecule has 0 atom stereocenters. The number of benzene rings is 1. The van der Waals surface area contributed by atoms with Crippen molar-refractivity contribution in [2.24, 2.45) is 0 Å². The molecule has 30 heavy (non-hydrogen) atoms. The number of nitrogens with zero attached hydrogens (tertiary/aromatic N) is 6. The van der Waals surface area contributed by atoms with Crippen molar-refractivity contribution in [1.29, 1.82) is 0 Å². The zero-order valence-electron chi connectivity index (χ0n) is 17.6. The zero-order valence-corrected chi connectivity index (χ0v) is 17.6. The van der Waals surface area contributed by atoms with Gasteiger partial charge in [0.05, 0.1) is 5.69 Å². The van der Waals surface area contributed by atoms with Crippen LogP contribution in [0, 0.1) is 0 Å². The molecule has 3 rings (SSSR count). The molecule has 2 heterocycles. The van der Waals surface area contributed by atoms with Gasteiger partial charge in [-0.05, 0) is 32.4 Å². The van der Waals surface area contributed by atoms with E-state index in [2.05, 4.69) is 32.3 Å². The number of aromatic nitrogens is 5. The van der Waals surface area contributed by atoms with Gasteiger partial charge in [-0.15, -0.1) is 5.10 Å². The summed E-state index contributed by atoms with van der Waals surface area (Å²) < 4.78 is 7.10. The standard InChI is InChI=1S/C21H27N7O2/c1-4-7-15-22-19-23-20(27(5-2)6-3)25-21(24-19)30-17-13-14-18(29)28(26-17)16-11-9-8-10-12-16/h8-14H,4-7,15H2,1-3H3,(H,22,23,24,25). The molecule has 1 aromatic carbocycles. The maximum absolute atomic E-state index is 12.2. The third kappa shape index (κ3) is 5.31. The maximum atomic E-state index is 12.2. The quantitative estimate of drug-likeness (QED) is 0.510. The van der Waals surface area contributed by atoms with Crippen molar-refractivity contribution in [2.45, 2.75) is 33.6 Å². The largest absolute Gasteiger partial charge is 0.403 e. The Morgan fingerprint density at radius 1 is 1.00 bits per heavy atom. The highest BCUT2D eigenvalue weighted by molar-refractivity contribution is 5.39. The summed E-state index contributed by atoms with van der Waals surface area (Å²) in [6.45, 7) is 8.47. The summed E-state index contributed by atoms with van der Waals surface area (Å²) in [5.41, 5.74) is 0.393. The Morgan fingerprint density at radius 2 is 1.77 bits per heavy atom. The van der Waals surface area contributed by atoms with E-state index in [1.54, 1.807) is 12.1 Å². The predicted octanol–water partition coefficient (Wildman–Crippen LogP) is 3.27. The Kier molecular flexibility index (Phi) is 7.31. The molecule has 0 amide bonds. The van der Waals surface area contributed by atoms with Gasteiger partial charge in [-0.1, -0.05) is 31.5 Å². The first kappa shape index (κ1) is 21.2. The highest BCUT2D eigenvalue weighted by Crippen LogP contribution is 2.19. The lowest BCUT2D eigenvalue weighted by Gasteiger charge is -2.19. The number of hydrogen-bond donors (Lipinski definition) is 1. The Hall–Kier alpha value is -3.49. The van der Waals surface area contributed by atoms with Crippen LogP contribution in [0.15, 0.2) is 47.3 Å². The second kappa shape index (κ2) is 10.3. The molecular weight excluding hydrogens is 382 g/mol. The predicted molar refractivity (Wildman–Crippen MR) is 117 cm³/mol. The van der Waals surface area contributed by atoms with E-state index in [1.807, 2.05) is 36.9 Å². The van der Waals surface area contributed by atoms with Crippen LogP contribution in [0.4, 0.5) is 11.9 Å². The summed E-state index contributed by atoms with van der Waals surface area (Å²) in [5, 5.41) is 7.52. The van der Waals surface area contributed by atoms with Crippen LogP contribution < -0.4 is 20.5 Å². The van der Waals surface area contributed by atoms with Crippen LogP contribution in [0.25, 0.3) is 5.69 Å². The van der Waals surface area contributed by atoms with Gasteiger partial charge in [0.25, 0.3) is 5.56 Å². The van der Waals surface area contributed by atoms with Crippen LogP contribution in [0.5, 0.6) is 11.9 Å². The molecule has 9 nitrogen and oxygen atoms in total. The molecule has 9 heteroatoms. The van der Waals surface area contributed by atoms with Crippen molar-refractivity contribution in [3.8, 4) is 17.6 Å². The number of ether oxygens (including phenoxy) is 1. The van der Waals surface area contributed by atoms with Crippen molar-refractivity contribution in [1.82, 2.24) is 24.7 Å². The van der Waals surface area contributed by atoms with E-state index in [9.17, 15) is 4.79 Å². The Balaban J connectivity index is 1.92. The number of anilines is 2. The molecule has 0 saturated carbocycles. The van der Waals surface area contributed by atoms with Gasteiger partial charge < -0.3 is 15.0 Å². The molecule has 0 radical (unpaired) electrons. The highest BCUT2D eigenvalue weighted by Gasteiger charge is 2.14. The van der Waals surface area contributed by atoms with Crippen LogP contribution in [0.2, 0.25) is 0 Å². The van der Waals surface area contributed by atoms with Gasteiger partial charge in [0.2, 0.25) is 17.8 Å². The van der Waals surface area contributed by atoms with Crippen molar-refractivity contribution in [2.75, 3.05) is 29.9 Å². The third-order valence-electron chi connectivity index (χ3n) is 4.44. The smallest absolute Gasteiger partial charge is 0.330 e. The minimum Gasteiger partial charge on any atom is -0.403 e. The lowest BCUT2D eigenvalue weighted by Crippen LogP contribution is -2.25. The molecule has 1 N–H and O–H groups in total. The van der Waals surface area contributed by atoms with Gasteiger partial charge in [-0.25, -0.2) is 0 Å². The topological polar surface area (TPSA) is 98.1 Å². The van der Waals surface area contributed by atoms with Crippen molar-refractivity contribution in [3.05, 3.63) is 52.8 Å². The summed E-state index contributed by atoms with van der Waals surface area (Å²) in [7, 11) is 0. The minimum atomic E-state index is -0.255. The molecule has 158 valence electrons. The number of unbranched alkanes of at least 4 members (excludes halogenated alkanes) is 1. The Bertz CT molecular complexity index is 1000. The summed E-state index contributed by atoms with van der Waals surface area (Å²) in [5.74, 6) is 1.20. The molecule has 0 aliphatic carbocycles. The molecular formula is C21H27N7O2. The summed E-state index contributed by atoms with van der Waals surface area (Å²) in [4.78, 5) is 27.6. The molecule has 0 aliphatic rings. The summed E-state index contributed by atoms with van der Waals surface area (Å²) in [6, 6.07) is 12.2. The van der Waals surface area contributed by atoms with Crippen molar-refractivity contribution < 1.29 is 4.74 Å².